The van der Waals surface area contributed by atoms with Crippen molar-refractivity contribution in [1.29, 1.82) is 0 Å². The van der Waals surface area contributed by atoms with Gasteiger partial charge in [-0.25, -0.2) is 16.8 Å². The Morgan fingerprint density at radius 3 is 1.19 bits per heavy atom. The van der Waals surface area contributed by atoms with Crippen molar-refractivity contribution in [2.75, 3.05) is 0 Å². The smallest absolute Gasteiger partial charge is 0.258 e. The molecule has 2 rings (SSSR count). The van der Waals surface area contributed by atoms with E-state index in [1.165, 1.54) is 22.0 Å². The van der Waals surface area contributed by atoms with Crippen molar-refractivity contribution in [3.05, 3.63) is 68.8 Å². The molecule has 0 heterocycles. The molecule has 0 aromatic heterocycles. The lowest BCUT2D eigenvalue weighted by Crippen LogP contribution is -2.05. The van der Waals surface area contributed by atoms with Crippen molar-refractivity contribution in [2.45, 2.75) is 9.79 Å². The fourth-order valence-electron chi connectivity index (χ4n) is 1.77. The van der Waals surface area contributed by atoms with Gasteiger partial charge >= 0.3 is 0 Å². The lowest BCUT2D eigenvalue weighted by molar-refractivity contribution is -0.385. The van der Waals surface area contributed by atoms with Crippen LogP contribution in [0.15, 0.2) is 58.3 Å². The van der Waals surface area contributed by atoms with Crippen LogP contribution in [0, 0.1) is 20.2 Å². The molecule has 0 saturated carbocycles. The second kappa shape index (κ2) is 7.50. The Kier molecular flexibility index (Phi) is 5.95. The van der Waals surface area contributed by atoms with Crippen LogP contribution in [0.25, 0.3) is 0 Å². The average Bonchev–Trinajstić information content (AvgIpc) is 2.61. The average molecular weight is 530 g/mol. The summed E-state index contributed by atoms with van der Waals surface area (Å²) in [4.78, 5) is 19.1. The first-order valence-electron chi connectivity index (χ1n) is 6.43. The Balaban J connectivity index is 2.42. The van der Waals surface area contributed by atoms with Crippen molar-refractivity contribution in [2.24, 2.45) is 0 Å². The van der Waals surface area contributed by atoms with E-state index < -0.39 is 32.7 Å². The van der Waals surface area contributed by atoms with E-state index in [0.29, 0.717) is 0 Å². The number of non-ortho nitro benzene ring substituents is 2. The Morgan fingerprint density at radius 2 is 0.962 bits per heavy atom. The first-order valence-corrected chi connectivity index (χ1v) is 14.7. The maximum absolute atomic E-state index is 12.6. The molecule has 0 N–H and O–H groups in total. The van der Waals surface area contributed by atoms with Crippen molar-refractivity contribution < 1.29 is 26.7 Å². The number of rotatable bonds is 6. The molecule has 26 heavy (non-hydrogen) atoms. The second-order valence-corrected chi connectivity index (χ2v) is 20.5. The van der Waals surface area contributed by atoms with Gasteiger partial charge in [-0.05, 0) is 46.3 Å². The largest absolute Gasteiger partial charge is 0.269 e. The van der Waals surface area contributed by atoms with E-state index in [9.17, 15) is 37.1 Å². The Morgan fingerprint density at radius 1 is 0.692 bits per heavy atom. The summed E-state index contributed by atoms with van der Waals surface area (Å²) in [6.07, 6.45) is 0. The predicted octanol–water partition coefficient (Wildman–Crippen LogP) is 3.41. The van der Waals surface area contributed by atoms with Gasteiger partial charge in [-0.15, -0.1) is 0 Å². The molecule has 0 aliphatic heterocycles. The van der Waals surface area contributed by atoms with Crippen LogP contribution in [0.2, 0.25) is 0 Å². The standard InChI is InChI=1S/C12H8IN2O8PS2/c13-24(25(20,21)11-5-1-9(2-6-11)14(16)17)26(22,23)12-7-3-10(4-8-12)15(18)19/h1-8H. The lowest BCUT2D eigenvalue weighted by atomic mass is 10.3. The Bertz CT molecular complexity index is 982. The highest BCUT2D eigenvalue weighted by molar-refractivity contribution is 14.2. The minimum absolute atomic E-state index is 0.333. The Labute approximate surface area is 161 Å². The summed E-state index contributed by atoms with van der Waals surface area (Å²) in [5.74, 6) is 0. The topological polar surface area (TPSA) is 155 Å². The molecule has 0 atom stereocenters. The molecule has 2 aromatic carbocycles. The van der Waals surface area contributed by atoms with Crippen LogP contribution in [0.3, 0.4) is 0 Å². The monoisotopic (exact) mass is 530 g/mol. The zero-order valence-electron chi connectivity index (χ0n) is 12.4. The molecule has 14 heteroatoms. The van der Waals surface area contributed by atoms with E-state index in [1.54, 1.807) is 0 Å². The summed E-state index contributed by atoms with van der Waals surface area (Å²) < 4.78 is 47.6. The molecule has 0 aliphatic rings. The highest BCUT2D eigenvalue weighted by atomic mass is 127. The van der Waals surface area contributed by atoms with Crippen LogP contribution in [-0.4, -0.2) is 26.7 Å². The van der Waals surface area contributed by atoms with Gasteiger partial charge in [-0.1, -0.05) is 0 Å². The van der Waals surface area contributed by atoms with E-state index in [2.05, 4.69) is 0 Å². The van der Waals surface area contributed by atoms with Gasteiger partial charge in [0.2, 0.25) is 22.9 Å². The van der Waals surface area contributed by atoms with Crippen LogP contribution in [-0.2, 0) is 18.9 Å². The van der Waals surface area contributed by atoms with E-state index >= 15 is 0 Å². The molecule has 0 unspecified atom stereocenters. The molecule has 2 aromatic rings. The minimum atomic E-state index is -4.31. The quantitative estimate of drug-likeness (QED) is 0.238. The molecule has 0 radical (unpaired) electrons. The molecule has 10 nitrogen and oxygen atoms in total. The first kappa shape index (κ1) is 20.6. The Hall–Kier alpha value is -1.70. The molecular weight excluding hydrogens is 522 g/mol. The summed E-state index contributed by atoms with van der Waals surface area (Å²) in [5, 5.41) is 21.3. The van der Waals surface area contributed by atoms with Crippen LogP contribution >= 0.6 is 26.0 Å². The lowest BCUT2D eigenvalue weighted by Gasteiger charge is -2.12. The summed E-state index contributed by atoms with van der Waals surface area (Å²) in [6, 6.07) is 7.71. The number of hydrogen-bond donors (Lipinski definition) is 0. The summed E-state index contributed by atoms with van der Waals surface area (Å²) in [7, 11) is -8.61. The zero-order chi connectivity index (χ0) is 19.7. The minimum Gasteiger partial charge on any atom is -0.258 e. The van der Waals surface area contributed by atoms with Gasteiger partial charge in [-0.3, -0.25) is 20.2 Å². The van der Waals surface area contributed by atoms with Crippen molar-refractivity contribution >= 4 is 56.3 Å². The number of hydrogen-bond acceptors (Lipinski definition) is 8. The number of benzene rings is 2. The molecule has 0 aliphatic carbocycles. The summed E-state index contributed by atoms with van der Waals surface area (Å²) >= 11 is 1.30. The summed E-state index contributed by atoms with van der Waals surface area (Å²) in [6.45, 7) is 0. The normalized spacial score (nSPS) is 12.1. The molecule has 0 spiro atoms. The van der Waals surface area contributed by atoms with Gasteiger partial charge in [-0.2, -0.15) is 0 Å². The van der Waals surface area contributed by atoms with E-state index in [-0.39, 0.29) is 21.2 Å². The first-order chi connectivity index (χ1) is 12.0. The molecule has 138 valence electrons. The van der Waals surface area contributed by atoms with Crippen molar-refractivity contribution in [3.63, 3.8) is 0 Å². The third kappa shape index (κ3) is 4.00. The van der Waals surface area contributed by atoms with Gasteiger partial charge in [0.05, 0.1) is 19.6 Å². The van der Waals surface area contributed by atoms with Gasteiger partial charge < -0.3 is 0 Å². The van der Waals surface area contributed by atoms with E-state index in [1.807, 2.05) is 0 Å². The second-order valence-electron chi connectivity index (χ2n) is 4.66. The maximum Gasteiger partial charge on any atom is 0.269 e. The van der Waals surface area contributed by atoms with Gasteiger partial charge in [0.15, 0.2) is 0 Å². The van der Waals surface area contributed by atoms with Crippen LogP contribution in [0.4, 0.5) is 11.4 Å². The molecule has 0 saturated heterocycles. The van der Waals surface area contributed by atoms with Gasteiger partial charge in [0, 0.05) is 24.3 Å². The SMILES string of the molecule is O=[N+]([O-])c1ccc(S(=O)(=O)P(I)S(=O)(=O)c2ccc([N+](=O)[O-])cc2)cc1. The van der Waals surface area contributed by atoms with Crippen molar-refractivity contribution in [3.8, 4) is 0 Å². The fraction of sp³-hybridized carbons (Fsp3) is 0. The van der Waals surface area contributed by atoms with Crippen LogP contribution in [0.1, 0.15) is 0 Å². The zero-order valence-corrected chi connectivity index (χ0v) is 17.1. The predicted molar refractivity (Wildman–Crippen MR) is 102 cm³/mol. The highest BCUT2D eigenvalue weighted by Crippen LogP contribution is 2.62. The van der Waals surface area contributed by atoms with Crippen LogP contribution < -0.4 is 0 Å². The molecule has 0 fully saturated rings. The molecular formula is C12H8IN2O8PS2. The van der Waals surface area contributed by atoms with E-state index in [0.717, 1.165) is 48.5 Å². The van der Waals surface area contributed by atoms with Gasteiger partial charge in [0.25, 0.3) is 11.4 Å². The third-order valence-corrected chi connectivity index (χ3v) is 22.0. The summed E-state index contributed by atoms with van der Waals surface area (Å²) in [5.41, 5.74) is -0.667. The highest BCUT2D eigenvalue weighted by Gasteiger charge is 2.38. The number of halogens is 1. The van der Waals surface area contributed by atoms with Gasteiger partial charge in [0.1, 0.15) is 0 Å². The third-order valence-electron chi connectivity index (χ3n) is 3.07. The fourth-order valence-corrected chi connectivity index (χ4v) is 13.8. The van der Waals surface area contributed by atoms with E-state index in [4.69, 9.17) is 0 Å². The van der Waals surface area contributed by atoms with Crippen molar-refractivity contribution in [1.82, 2.24) is 0 Å². The van der Waals surface area contributed by atoms with Crippen LogP contribution in [0.5, 0.6) is 0 Å². The number of nitro benzene ring substituents is 2. The molecule has 0 bridgehead atoms. The number of nitrogens with zero attached hydrogens (tertiary/aromatic N) is 2. The maximum atomic E-state index is 12.6. The molecule has 0 amide bonds. The number of nitro groups is 2.